The van der Waals surface area contributed by atoms with Gasteiger partial charge in [-0.25, -0.2) is 14.1 Å². The Morgan fingerprint density at radius 2 is 2.12 bits per heavy atom. The topological polar surface area (TPSA) is 233 Å². The molecule has 42 heavy (non-hydrogen) atoms. The number of carbonyl (C=O) groups excluding carboxylic acids is 2. The Hall–Kier alpha value is -4.10. The monoisotopic (exact) mass is 601 g/mol. The summed E-state index contributed by atoms with van der Waals surface area (Å²) in [6.07, 6.45) is -4.25. The van der Waals surface area contributed by atoms with E-state index in [1.807, 2.05) is 6.07 Å². The largest absolute Gasteiger partial charge is 0.459 e. The number of esters is 1. The van der Waals surface area contributed by atoms with Crippen molar-refractivity contribution in [2.75, 3.05) is 18.9 Å². The van der Waals surface area contributed by atoms with Crippen molar-refractivity contribution in [3.8, 4) is 11.8 Å². The van der Waals surface area contributed by atoms with Crippen LogP contribution in [0.15, 0.2) is 48.8 Å². The Balaban J connectivity index is 1.36. The van der Waals surface area contributed by atoms with Crippen LogP contribution in [0.4, 0.5) is 5.82 Å². The number of anilines is 1. The molecule has 222 valence electrons. The van der Waals surface area contributed by atoms with Gasteiger partial charge in [0.1, 0.15) is 54.6 Å². The van der Waals surface area contributed by atoms with E-state index in [2.05, 4.69) is 20.5 Å². The van der Waals surface area contributed by atoms with Gasteiger partial charge in [0.05, 0.1) is 5.69 Å². The molecule has 7 atom stereocenters. The summed E-state index contributed by atoms with van der Waals surface area (Å²) in [5.74, 6) is -1.10. The third kappa shape index (κ3) is 5.66. The van der Waals surface area contributed by atoms with Gasteiger partial charge < -0.3 is 35.3 Å². The fourth-order valence-electron chi connectivity index (χ4n) is 4.58. The molecular weight excluding hydrogens is 573 g/mol. The van der Waals surface area contributed by atoms with Crippen LogP contribution in [0.5, 0.6) is 5.75 Å². The SMILES string of the molecule is C[C@H](NP(=O)(OC[C@@]1(C#N)O[C@@H](c2ccc3c(N)ncnn23)[C@H](O)[C@@H]1O)Oc1ccccc1)C(=O)OC1CCNC1=O. The predicted molar refractivity (Wildman–Crippen MR) is 142 cm³/mol. The summed E-state index contributed by atoms with van der Waals surface area (Å²) in [7, 11) is -4.51. The fourth-order valence-corrected chi connectivity index (χ4v) is 6.10. The van der Waals surface area contributed by atoms with Crippen LogP contribution in [0.2, 0.25) is 0 Å². The van der Waals surface area contributed by atoms with Gasteiger partial charge in [-0.1, -0.05) is 18.2 Å². The smallest absolute Gasteiger partial charge is 0.451 e. The number of aliphatic hydroxyl groups excluding tert-OH is 2. The van der Waals surface area contributed by atoms with Gasteiger partial charge >= 0.3 is 13.7 Å². The summed E-state index contributed by atoms with van der Waals surface area (Å²) >= 11 is 0. The highest BCUT2D eigenvalue weighted by molar-refractivity contribution is 7.52. The number of nitrogens with two attached hydrogens (primary N) is 1. The molecule has 5 rings (SSSR count). The van der Waals surface area contributed by atoms with E-state index in [4.69, 9.17) is 24.3 Å². The maximum atomic E-state index is 13.9. The first kappa shape index (κ1) is 29.4. The normalized spacial score (nSPS) is 27.6. The molecule has 1 amide bonds. The van der Waals surface area contributed by atoms with Crippen molar-refractivity contribution in [3.05, 3.63) is 54.5 Å². The van der Waals surface area contributed by atoms with Crippen LogP contribution >= 0.6 is 7.75 Å². The van der Waals surface area contributed by atoms with Crippen molar-refractivity contribution in [3.63, 3.8) is 0 Å². The summed E-state index contributed by atoms with van der Waals surface area (Å²) in [4.78, 5) is 28.4. The zero-order valence-electron chi connectivity index (χ0n) is 22.2. The molecule has 17 heteroatoms. The minimum Gasteiger partial charge on any atom is -0.451 e. The number of benzene rings is 1. The Bertz CT molecular complexity index is 1560. The molecule has 2 aliphatic rings. The lowest BCUT2D eigenvalue weighted by Gasteiger charge is -2.28. The van der Waals surface area contributed by atoms with E-state index < -0.39 is 62.3 Å². The van der Waals surface area contributed by atoms with Crippen LogP contribution in [0.1, 0.15) is 25.1 Å². The maximum Gasteiger partial charge on any atom is 0.459 e. The molecule has 0 aliphatic carbocycles. The van der Waals surface area contributed by atoms with Gasteiger partial charge in [-0.15, -0.1) is 0 Å². The second kappa shape index (κ2) is 11.6. The number of aliphatic hydroxyl groups is 2. The van der Waals surface area contributed by atoms with Crippen molar-refractivity contribution in [2.45, 2.75) is 49.4 Å². The van der Waals surface area contributed by atoms with E-state index >= 15 is 0 Å². The number of para-hydroxylation sites is 1. The zero-order chi connectivity index (χ0) is 30.1. The number of nitrogens with zero attached hydrogens (tertiary/aromatic N) is 4. The van der Waals surface area contributed by atoms with Gasteiger partial charge in [0.15, 0.2) is 11.9 Å². The van der Waals surface area contributed by atoms with Gasteiger partial charge in [0.25, 0.3) is 5.91 Å². The zero-order valence-corrected chi connectivity index (χ0v) is 23.1. The molecule has 2 fully saturated rings. The summed E-state index contributed by atoms with van der Waals surface area (Å²) in [5.41, 5.74) is 4.32. The van der Waals surface area contributed by atoms with E-state index in [-0.39, 0.29) is 23.7 Å². The van der Waals surface area contributed by atoms with Gasteiger partial charge in [-0.3, -0.25) is 14.1 Å². The molecule has 2 unspecified atom stereocenters. The molecule has 4 heterocycles. The van der Waals surface area contributed by atoms with Crippen LogP contribution in [0.25, 0.3) is 5.52 Å². The van der Waals surface area contributed by atoms with Crippen molar-refractivity contribution < 1.29 is 42.9 Å². The number of ether oxygens (including phenoxy) is 2. The summed E-state index contributed by atoms with van der Waals surface area (Å²) in [6.45, 7) is 0.816. The molecule has 0 spiro atoms. The highest BCUT2D eigenvalue weighted by Gasteiger charge is 2.57. The van der Waals surface area contributed by atoms with Gasteiger partial charge in [-0.2, -0.15) is 15.4 Å². The van der Waals surface area contributed by atoms with Gasteiger partial charge in [-0.05, 0) is 31.2 Å². The summed E-state index contributed by atoms with van der Waals surface area (Å²) in [6, 6.07) is 11.5. The second-order valence-electron chi connectivity index (χ2n) is 9.71. The van der Waals surface area contributed by atoms with Crippen LogP contribution in [0.3, 0.4) is 0 Å². The van der Waals surface area contributed by atoms with Crippen LogP contribution in [0, 0.1) is 11.3 Å². The predicted octanol–water partition coefficient (Wildman–Crippen LogP) is -0.0195. The van der Waals surface area contributed by atoms with Crippen LogP contribution in [-0.2, 0) is 28.2 Å². The molecule has 6 N–H and O–H groups in total. The van der Waals surface area contributed by atoms with Crippen molar-refractivity contribution >= 4 is 31.0 Å². The Kier molecular flexibility index (Phi) is 8.15. The molecule has 0 bridgehead atoms. The number of fused-ring (bicyclic) bond motifs is 1. The molecule has 2 saturated heterocycles. The maximum absolute atomic E-state index is 13.9. The number of nitrogens with one attached hydrogen (secondary N) is 2. The van der Waals surface area contributed by atoms with E-state index in [0.29, 0.717) is 12.1 Å². The minimum atomic E-state index is -4.51. The highest BCUT2D eigenvalue weighted by atomic mass is 31.2. The third-order valence-electron chi connectivity index (χ3n) is 6.82. The summed E-state index contributed by atoms with van der Waals surface area (Å²) < 4.78 is 37.5. The molecule has 0 radical (unpaired) electrons. The number of hydrogen-bond acceptors (Lipinski definition) is 13. The lowest BCUT2D eigenvalue weighted by Crippen LogP contribution is -2.46. The molecule has 2 aromatic heterocycles. The van der Waals surface area contributed by atoms with Crippen LogP contribution < -0.4 is 20.7 Å². The average Bonchev–Trinajstić information content (AvgIpc) is 3.65. The number of nitrogen functional groups attached to an aromatic ring is 1. The molecule has 1 aromatic carbocycles. The van der Waals surface area contributed by atoms with E-state index in [1.165, 1.54) is 36.0 Å². The van der Waals surface area contributed by atoms with Crippen LogP contribution in [-0.4, -0.2) is 79.8 Å². The van der Waals surface area contributed by atoms with E-state index in [9.17, 15) is 29.6 Å². The lowest BCUT2D eigenvalue weighted by molar-refractivity contribution is -0.155. The fraction of sp³-hybridized carbons (Fsp3) is 0.400. The number of aromatic nitrogens is 3. The lowest BCUT2D eigenvalue weighted by atomic mass is 9.96. The third-order valence-corrected chi connectivity index (χ3v) is 8.44. The van der Waals surface area contributed by atoms with E-state index in [1.54, 1.807) is 24.3 Å². The first-order chi connectivity index (χ1) is 20.1. The van der Waals surface area contributed by atoms with Gasteiger partial charge in [0.2, 0.25) is 5.60 Å². The number of carbonyl (C=O) groups is 2. The Morgan fingerprint density at radius 1 is 1.36 bits per heavy atom. The highest BCUT2D eigenvalue weighted by Crippen LogP contribution is 2.48. The Labute approximate surface area is 238 Å². The number of amides is 1. The first-order valence-corrected chi connectivity index (χ1v) is 14.4. The Morgan fingerprint density at radius 3 is 2.81 bits per heavy atom. The molecular formula is C25H28N7O9P. The molecule has 2 aliphatic heterocycles. The molecule has 0 saturated carbocycles. The van der Waals surface area contributed by atoms with Gasteiger partial charge in [0, 0.05) is 13.0 Å². The second-order valence-corrected chi connectivity index (χ2v) is 11.4. The standard InChI is InChI=1S/C25H28N7O9P/c1-14(24(36)39-18-9-10-28-23(18)35)31-42(37,41-15-5-3-2-4-6-15)38-12-25(11-26)21(34)19(33)20(40-25)16-7-8-17-22(27)29-13-30-32(16)17/h2-8,13-14,18-21,33-34H,9-10,12H2,1H3,(H,28,35)(H,31,37)(H2,27,29,30)/t14-,18?,19-,20-,21-,25+,42?/m0/s1. The van der Waals surface area contributed by atoms with Crippen molar-refractivity contribution in [1.82, 2.24) is 25.0 Å². The first-order valence-electron chi connectivity index (χ1n) is 12.8. The molecule has 3 aromatic rings. The quantitative estimate of drug-likeness (QED) is 0.152. The van der Waals surface area contributed by atoms with E-state index in [0.717, 1.165) is 0 Å². The average molecular weight is 602 g/mol. The summed E-state index contributed by atoms with van der Waals surface area (Å²) in [5, 5.41) is 41.0. The number of hydrogen-bond donors (Lipinski definition) is 5. The number of rotatable bonds is 10. The minimum absolute atomic E-state index is 0.0952. The molecule has 16 nitrogen and oxygen atoms in total. The number of nitriles is 1. The van der Waals surface area contributed by atoms with Crippen molar-refractivity contribution in [1.29, 1.82) is 5.26 Å². The van der Waals surface area contributed by atoms with Crippen molar-refractivity contribution in [2.24, 2.45) is 0 Å².